The van der Waals surface area contributed by atoms with Gasteiger partial charge in [-0.3, -0.25) is 9.36 Å². The number of anilines is 1. The number of amides is 1. The number of carbonyl (C=O) groups excluding carboxylic acids is 1. The van der Waals surface area contributed by atoms with Crippen LogP contribution in [0.15, 0.2) is 35.5 Å². The summed E-state index contributed by atoms with van der Waals surface area (Å²) in [7, 11) is 1.87. The molecule has 2 aromatic rings. The van der Waals surface area contributed by atoms with E-state index >= 15 is 0 Å². The maximum absolute atomic E-state index is 12.8. The molecule has 2 fully saturated rings. The minimum absolute atomic E-state index is 0.122. The predicted molar refractivity (Wildman–Crippen MR) is 108 cm³/mol. The first kappa shape index (κ1) is 18.3. The average molecular weight is 386 g/mol. The molecule has 27 heavy (non-hydrogen) atoms. The smallest absolute Gasteiger partial charge is 0.235 e. The van der Waals surface area contributed by atoms with Crippen LogP contribution in [0.4, 0.5) is 5.95 Å². The van der Waals surface area contributed by atoms with Gasteiger partial charge in [0.05, 0.1) is 5.25 Å². The number of aromatic nitrogens is 3. The summed E-state index contributed by atoms with van der Waals surface area (Å²) in [5.74, 6) is 1.12. The molecule has 7 heteroatoms. The van der Waals surface area contributed by atoms with Crippen molar-refractivity contribution < 1.29 is 4.79 Å². The zero-order valence-corrected chi connectivity index (χ0v) is 16.9. The molecule has 1 saturated carbocycles. The van der Waals surface area contributed by atoms with Gasteiger partial charge in [-0.1, -0.05) is 42.1 Å². The lowest BCUT2D eigenvalue weighted by Gasteiger charge is -2.22. The highest BCUT2D eigenvalue weighted by atomic mass is 32.2. The van der Waals surface area contributed by atoms with Crippen molar-refractivity contribution in [2.45, 2.75) is 55.6 Å². The lowest BCUT2D eigenvalue weighted by atomic mass is 10.2. The van der Waals surface area contributed by atoms with Gasteiger partial charge in [-0.25, -0.2) is 0 Å². The van der Waals surface area contributed by atoms with E-state index in [0.29, 0.717) is 12.6 Å². The number of hydrogen-bond acceptors (Lipinski definition) is 5. The summed E-state index contributed by atoms with van der Waals surface area (Å²) < 4.78 is 2.27. The van der Waals surface area contributed by atoms with E-state index in [0.717, 1.165) is 29.8 Å². The highest BCUT2D eigenvalue weighted by Crippen LogP contribution is 2.42. The van der Waals surface area contributed by atoms with E-state index in [2.05, 4.69) is 19.7 Å². The van der Waals surface area contributed by atoms with E-state index in [1.165, 1.54) is 37.4 Å². The first-order valence-electron chi connectivity index (χ1n) is 9.79. The molecule has 1 aliphatic heterocycles. The van der Waals surface area contributed by atoms with Crippen molar-refractivity contribution in [3.8, 4) is 0 Å². The van der Waals surface area contributed by atoms with Crippen molar-refractivity contribution in [1.82, 2.24) is 19.7 Å². The minimum atomic E-state index is -0.188. The lowest BCUT2D eigenvalue weighted by molar-refractivity contribution is -0.129. The van der Waals surface area contributed by atoms with Crippen molar-refractivity contribution in [1.29, 1.82) is 0 Å². The summed E-state index contributed by atoms with van der Waals surface area (Å²) in [4.78, 5) is 17.0. The topological polar surface area (TPSA) is 54.3 Å². The Bertz CT molecular complexity index is 783. The van der Waals surface area contributed by atoms with Crippen molar-refractivity contribution in [3.63, 3.8) is 0 Å². The number of hydrogen-bond donors (Lipinski definition) is 0. The van der Waals surface area contributed by atoms with Gasteiger partial charge in [-0.2, -0.15) is 0 Å². The van der Waals surface area contributed by atoms with Crippen LogP contribution in [0, 0.1) is 0 Å². The molecule has 2 heterocycles. The van der Waals surface area contributed by atoms with Crippen molar-refractivity contribution in [2.75, 3.05) is 25.0 Å². The molecule has 1 unspecified atom stereocenters. The number of thioether (sulfide) groups is 1. The summed E-state index contributed by atoms with van der Waals surface area (Å²) in [6.45, 7) is 4.71. The van der Waals surface area contributed by atoms with Gasteiger partial charge in [0.25, 0.3) is 0 Å². The number of rotatable bonds is 7. The molecule has 1 aromatic carbocycles. The van der Waals surface area contributed by atoms with Crippen LogP contribution in [0.1, 0.15) is 44.2 Å². The molecule has 0 spiro atoms. The van der Waals surface area contributed by atoms with Gasteiger partial charge in [0.2, 0.25) is 11.9 Å². The van der Waals surface area contributed by atoms with E-state index in [9.17, 15) is 4.79 Å². The Morgan fingerprint density at radius 2 is 1.93 bits per heavy atom. The van der Waals surface area contributed by atoms with E-state index in [1.807, 2.05) is 44.3 Å². The third kappa shape index (κ3) is 4.13. The zero-order valence-electron chi connectivity index (χ0n) is 16.0. The van der Waals surface area contributed by atoms with Crippen LogP contribution in [0.2, 0.25) is 0 Å². The summed E-state index contributed by atoms with van der Waals surface area (Å²) in [5, 5.41) is 9.62. The summed E-state index contributed by atoms with van der Waals surface area (Å²) >= 11 is 1.54. The highest BCUT2D eigenvalue weighted by Gasteiger charge is 2.33. The first-order chi connectivity index (χ1) is 13.1. The molecule has 1 aliphatic carbocycles. The Kier molecular flexibility index (Phi) is 5.38. The fourth-order valence-corrected chi connectivity index (χ4v) is 4.62. The second-order valence-electron chi connectivity index (χ2n) is 7.52. The number of carbonyl (C=O) groups is 1. The monoisotopic (exact) mass is 385 g/mol. The van der Waals surface area contributed by atoms with Gasteiger partial charge in [0.15, 0.2) is 5.16 Å². The Balaban J connectivity index is 1.44. The summed E-state index contributed by atoms with van der Waals surface area (Å²) in [6.07, 6.45) is 4.81. The fourth-order valence-electron chi connectivity index (χ4n) is 3.59. The quantitative estimate of drug-likeness (QED) is 0.684. The van der Waals surface area contributed by atoms with E-state index in [4.69, 9.17) is 0 Å². The van der Waals surface area contributed by atoms with Crippen LogP contribution in [0.25, 0.3) is 0 Å². The molecule has 6 nitrogen and oxygen atoms in total. The molecule has 144 valence electrons. The first-order valence-corrected chi connectivity index (χ1v) is 10.7. The Labute approximate surface area is 164 Å². The minimum Gasteiger partial charge on any atom is -0.341 e. The molecule has 0 radical (unpaired) electrons. The maximum atomic E-state index is 12.8. The van der Waals surface area contributed by atoms with Crippen LogP contribution in [-0.4, -0.2) is 51.0 Å². The van der Waals surface area contributed by atoms with Crippen LogP contribution in [-0.2, 0) is 11.3 Å². The second-order valence-corrected chi connectivity index (χ2v) is 8.83. The maximum Gasteiger partial charge on any atom is 0.235 e. The van der Waals surface area contributed by atoms with Crippen LogP contribution in [0.5, 0.6) is 0 Å². The number of benzene rings is 1. The molecule has 1 amide bonds. The van der Waals surface area contributed by atoms with Crippen LogP contribution >= 0.6 is 11.8 Å². The third-order valence-corrected chi connectivity index (χ3v) is 6.26. The second kappa shape index (κ2) is 7.92. The van der Waals surface area contributed by atoms with Crippen molar-refractivity contribution in [3.05, 3.63) is 35.9 Å². The fraction of sp³-hybridized carbons (Fsp3) is 0.550. The molecule has 1 aromatic heterocycles. The Hall–Kier alpha value is -2.02. The molecular formula is C20H27N5OS. The van der Waals surface area contributed by atoms with Gasteiger partial charge in [0, 0.05) is 32.7 Å². The molecule has 0 N–H and O–H groups in total. The van der Waals surface area contributed by atoms with Gasteiger partial charge < -0.3 is 9.80 Å². The van der Waals surface area contributed by atoms with Gasteiger partial charge in [0.1, 0.15) is 0 Å². The number of nitrogens with zero attached hydrogens (tertiary/aromatic N) is 5. The van der Waals surface area contributed by atoms with E-state index in [1.54, 1.807) is 4.90 Å². The molecule has 1 saturated heterocycles. The largest absolute Gasteiger partial charge is 0.341 e. The zero-order chi connectivity index (χ0) is 18.8. The van der Waals surface area contributed by atoms with E-state index < -0.39 is 0 Å². The molecular weight excluding hydrogens is 358 g/mol. The Morgan fingerprint density at radius 3 is 2.59 bits per heavy atom. The van der Waals surface area contributed by atoms with Crippen LogP contribution in [0.3, 0.4) is 0 Å². The summed E-state index contributed by atoms with van der Waals surface area (Å²) in [6, 6.07) is 10.6. The van der Waals surface area contributed by atoms with Gasteiger partial charge >= 0.3 is 0 Å². The Morgan fingerprint density at radius 1 is 1.22 bits per heavy atom. The SMILES string of the molecule is CC(Sc1nnc(N2CCCC2)n1C1CC1)C(=O)N(C)Cc1ccccc1. The normalized spacial score (nSPS) is 17.9. The standard InChI is InChI=1S/C20H27N5OS/c1-15(18(26)23(2)14-16-8-4-3-5-9-16)27-20-22-21-19(24-12-6-7-13-24)25(20)17-10-11-17/h3-5,8-9,15,17H,6-7,10-14H2,1-2H3. The lowest BCUT2D eigenvalue weighted by Crippen LogP contribution is -2.33. The predicted octanol–water partition coefficient (Wildman–Crippen LogP) is 3.35. The van der Waals surface area contributed by atoms with Crippen molar-refractivity contribution >= 4 is 23.6 Å². The van der Waals surface area contributed by atoms with Gasteiger partial charge in [-0.15, -0.1) is 10.2 Å². The molecule has 2 aliphatic rings. The average Bonchev–Trinajstić information content (AvgIpc) is 3.20. The molecule has 4 rings (SSSR count). The highest BCUT2D eigenvalue weighted by molar-refractivity contribution is 8.00. The van der Waals surface area contributed by atoms with Crippen LogP contribution < -0.4 is 4.90 Å². The van der Waals surface area contributed by atoms with E-state index in [-0.39, 0.29) is 11.2 Å². The molecule has 0 bridgehead atoms. The summed E-state index contributed by atoms with van der Waals surface area (Å²) in [5.41, 5.74) is 1.14. The van der Waals surface area contributed by atoms with Crippen molar-refractivity contribution in [2.24, 2.45) is 0 Å². The third-order valence-electron chi connectivity index (χ3n) is 5.22. The van der Waals surface area contributed by atoms with Gasteiger partial charge in [-0.05, 0) is 38.2 Å². The molecule has 1 atom stereocenters.